The molecule has 1 aromatic carbocycles. The number of hydrogen-bond acceptors (Lipinski definition) is 5. The van der Waals surface area contributed by atoms with Crippen molar-refractivity contribution >= 4 is 17.5 Å². The van der Waals surface area contributed by atoms with Crippen LogP contribution in [0.3, 0.4) is 0 Å². The lowest BCUT2D eigenvalue weighted by Gasteiger charge is -2.32. The first-order valence-corrected chi connectivity index (χ1v) is 13.5. The smallest absolute Gasteiger partial charge is 0.257 e. The Kier molecular flexibility index (Phi) is 8.10. The van der Waals surface area contributed by atoms with Crippen molar-refractivity contribution in [3.05, 3.63) is 95.6 Å². The van der Waals surface area contributed by atoms with Crippen LogP contribution in [-0.2, 0) is 18.3 Å². The number of aryl methyl sites for hydroxylation is 3. The van der Waals surface area contributed by atoms with Gasteiger partial charge in [-0.1, -0.05) is 12.1 Å². The first-order valence-electron chi connectivity index (χ1n) is 13.5. The maximum absolute atomic E-state index is 12.7. The molecule has 1 N–H and O–H groups in total. The van der Waals surface area contributed by atoms with E-state index in [9.17, 15) is 9.59 Å². The standard InChI is InChI=1S/C31H34N6O2/c1-22-10-14-32-28(18-22)29-19-23(11-15-33-29)4-3-5-30(38)35-27-8-6-24(7-9-27)25-12-16-37(17-13-25)31(39)26-20-34-36(2)21-26/h6-11,14-15,18-21,25H,3-5,12-13,16-17H2,1-2H3,(H,35,38). The molecule has 3 aromatic heterocycles. The van der Waals surface area contributed by atoms with E-state index in [1.54, 1.807) is 29.5 Å². The van der Waals surface area contributed by atoms with Crippen LogP contribution in [0.5, 0.6) is 0 Å². The number of hydrogen-bond donors (Lipinski definition) is 1. The molecule has 0 spiro atoms. The van der Waals surface area contributed by atoms with Gasteiger partial charge in [-0.2, -0.15) is 5.10 Å². The molecule has 0 saturated carbocycles. The van der Waals surface area contributed by atoms with Gasteiger partial charge in [0.2, 0.25) is 5.91 Å². The minimum absolute atomic E-state index is 0.0135. The Morgan fingerprint density at radius 3 is 2.38 bits per heavy atom. The molecule has 2 amide bonds. The third-order valence-corrected chi connectivity index (χ3v) is 7.27. The number of pyridine rings is 2. The van der Waals surface area contributed by atoms with E-state index in [-0.39, 0.29) is 11.8 Å². The van der Waals surface area contributed by atoms with Crippen LogP contribution < -0.4 is 5.32 Å². The van der Waals surface area contributed by atoms with Crippen molar-refractivity contribution < 1.29 is 9.59 Å². The van der Waals surface area contributed by atoms with E-state index in [0.29, 0.717) is 17.9 Å². The summed E-state index contributed by atoms with van der Waals surface area (Å²) in [5.74, 6) is 0.472. The molecule has 5 rings (SSSR count). The van der Waals surface area contributed by atoms with E-state index in [2.05, 4.69) is 38.6 Å². The predicted molar refractivity (Wildman–Crippen MR) is 151 cm³/mol. The van der Waals surface area contributed by atoms with Gasteiger partial charge < -0.3 is 10.2 Å². The average Bonchev–Trinajstić information content (AvgIpc) is 3.39. The van der Waals surface area contributed by atoms with E-state index in [1.165, 1.54) is 5.56 Å². The zero-order valence-electron chi connectivity index (χ0n) is 22.5. The molecule has 1 aliphatic heterocycles. The first-order chi connectivity index (χ1) is 18.9. The Labute approximate surface area is 229 Å². The van der Waals surface area contributed by atoms with Crippen molar-refractivity contribution in [2.75, 3.05) is 18.4 Å². The number of rotatable bonds is 8. The number of carbonyl (C=O) groups excluding carboxylic acids is 2. The van der Waals surface area contributed by atoms with Gasteiger partial charge in [-0.25, -0.2) is 0 Å². The maximum Gasteiger partial charge on any atom is 0.257 e. The molecule has 4 heterocycles. The van der Waals surface area contributed by atoms with Crippen molar-refractivity contribution in [2.24, 2.45) is 7.05 Å². The number of anilines is 1. The van der Waals surface area contributed by atoms with Crippen LogP contribution in [0.15, 0.2) is 73.3 Å². The second kappa shape index (κ2) is 12.0. The first kappa shape index (κ1) is 26.3. The third-order valence-electron chi connectivity index (χ3n) is 7.27. The second-order valence-electron chi connectivity index (χ2n) is 10.3. The van der Waals surface area contributed by atoms with Crippen molar-refractivity contribution in [3.8, 4) is 11.4 Å². The van der Waals surface area contributed by atoms with Crippen molar-refractivity contribution in [2.45, 2.75) is 44.9 Å². The number of benzene rings is 1. The molecule has 4 aromatic rings. The van der Waals surface area contributed by atoms with Crippen LogP contribution >= 0.6 is 0 Å². The molecule has 200 valence electrons. The minimum Gasteiger partial charge on any atom is -0.339 e. The molecule has 0 unspecified atom stereocenters. The normalized spacial score (nSPS) is 13.8. The highest BCUT2D eigenvalue weighted by Gasteiger charge is 2.25. The lowest BCUT2D eigenvalue weighted by atomic mass is 9.89. The van der Waals surface area contributed by atoms with Crippen LogP contribution in [0.4, 0.5) is 5.69 Å². The molecule has 8 heteroatoms. The van der Waals surface area contributed by atoms with Gasteiger partial charge in [0.1, 0.15) is 0 Å². The van der Waals surface area contributed by atoms with Crippen molar-refractivity contribution in [1.82, 2.24) is 24.6 Å². The molecule has 8 nitrogen and oxygen atoms in total. The average molecular weight is 523 g/mol. The minimum atomic E-state index is 0.0135. The van der Waals surface area contributed by atoms with Crippen LogP contribution in [0.2, 0.25) is 0 Å². The molecule has 1 saturated heterocycles. The monoisotopic (exact) mass is 522 g/mol. The van der Waals surface area contributed by atoms with E-state index in [4.69, 9.17) is 0 Å². The summed E-state index contributed by atoms with van der Waals surface area (Å²) in [6.45, 7) is 3.51. The Morgan fingerprint density at radius 1 is 0.974 bits per heavy atom. The Hall–Kier alpha value is -4.33. The molecule has 1 fully saturated rings. The Balaban J connectivity index is 1.07. The summed E-state index contributed by atoms with van der Waals surface area (Å²) in [4.78, 5) is 36.0. The summed E-state index contributed by atoms with van der Waals surface area (Å²) in [6.07, 6.45) is 10.8. The summed E-state index contributed by atoms with van der Waals surface area (Å²) in [6, 6.07) is 16.2. The van der Waals surface area contributed by atoms with Gasteiger partial charge in [0, 0.05) is 50.8 Å². The zero-order valence-corrected chi connectivity index (χ0v) is 22.5. The topological polar surface area (TPSA) is 93.0 Å². The lowest BCUT2D eigenvalue weighted by molar-refractivity contribution is -0.116. The number of likely N-dealkylation sites (tertiary alicyclic amines) is 1. The van der Waals surface area contributed by atoms with Crippen molar-refractivity contribution in [3.63, 3.8) is 0 Å². The van der Waals surface area contributed by atoms with E-state index in [1.807, 2.05) is 49.2 Å². The van der Waals surface area contributed by atoms with Crippen LogP contribution in [-0.4, -0.2) is 49.6 Å². The van der Waals surface area contributed by atoms with Crippen LogP contribution in [0, 0.1) is 6.92 Å². The van der Waals surface area contributed by atoms with Crippen LogP contribution in [0.1, 0.15) is 58.6 Å². The van der Waals surface area contributed by atoms with Crippen molar-refractivity contribution in [1.29, 1.82) is 0 Å². The fourth-order valence-corrected chi connectivity index (χ4v) is 5.09. The highest BCUT2D eigenvalue weighted by Crippen LogP contribution is 2.29. The van der Waals surface area contributed by atoms with E-state index < -0.39 is 0 Å². The van der Waals surface area contributed by atoms with Gasteiger partial charge in [0.25, 0.3) is 5.91 Å². The summed E-state index contributed by atoms with van der Waals surface area (Å²) in [5, 5.41) is 7.13. The number of nitrogens with one attached hydrogen (secondary N) is 1. The predicted octanol–water partition coefficient (Wildman–Crippen LogP) is 5.17. The molecule has 39 heavy (non-hydrogen) atoms. The quantitative estimate of drug-likeness (QED) is 0.345. The second-order valence-corrected chi connectivity index (χ2v) is 10.3. The Bertz CT molecular complexity index is 1440. The summed E-state index contributed by atoms with van der Waals surface area (Å²) in [5.41, 5.74) is 6.71. The number of piperidine rings is 1. The Morgan fingerprint density at radius 2 is 1.69 bits per heavy atom. The fraction of sp³-hybridized carbons (Fsp3) is 0.323. The number of amides is 2. The van der Waals surface area contributed by atoms with E-state index in [0.717, 1.165) is 67.0 Å². The molecule has 1 aliphatic rings. The lowest BCUT2D eigenvalue weighted by Crippen LogP contribution is -2.37. The van der Waals surface area contributed by atoms with Gasteiger partial charge in [-0.3, -0.25) is 24.2 Å². The highest BCUT2D eigenvalue weighted by atomic mass is 16.2. The van der Waals surface area contributed by atoms with Gasteiger partial charge in [-0.05, 0) is 91.6 Å². The third kappa shape index (κ3) is 6.76. The molecule has 0 bridgehead atoms. The van der Waals surface area contributed by atoms with Gasteiger partial charge in [0.15, 0.2) is 0 Å². The maximum atomic E-state index is 12.7. The van der Waals surface area contributed by atoms with Gasteiger partial charge in [0.05, 0.1) is 23.1 Å². The van der Waals surface area contributed by atoms with Crippen LogP contribution in [0.25, 0.3) is 11.4 Å². The molecule has 0 atom stereocenters. The molecule has 0 radical (unpaired) electrons. The number of nitrogens with zero attached hydrogens (tertiary/aromatic N) is 5. The highest BCUT2D eigenvalue weighted by molar-refractivity contribution is 5.93. The van der Waals surface area contributed by atoms with E-state index >= 15 is 0 Å². The molecular weight excluding hydrogens is 488 g/mol. The largest absolute Gasteiger partial charge is 0.339 e. The summed E-state index contributed by atoms with van der Waals surface area (Å²) in [7, 11) is 1.82. The molecular formula is C31H34N6O2. The summed E-state index contributed by atoms with van der Waals surface area (Å²) >= 11 is 0. The van der Waals surface area contributed by atoms with Gasteiger partial charge >= 0.3 is 0 Å². The zero-order chi connectivity index (χ0) is 27.2. The number of carbonyl (C=O) groups is 2. The number of aromatic nitrogens is 4. The summed E-state index contributed by atoms with van der Waals surface area (Å²) < 4.78 is 1.65. The molecule has 0 aliphatic carbocycles. The SMILES string of the molecule is Cc1ccnc(-c2cc(CCCC(=O)Nc3ccc(C4CCN(C(=O)c5cnn(C)c5)CC4)cc3)ccn2)c1. The fourth-order valence-electron chi connectivity index (χ4n) is 5.09. The van der Waals surface area contributed by atoms with Gasteiger partial charge in [-0.15, -0.1) is 0 Å².